The van der Waals surface area contributed by atoms with E-state index in [1.807, 2.05) is 0 Å². The van der Waals surface area contributed by atoms with Crippen LogP contribution in [0.15, 0.2) is 42.5 Å². The lowest BCUT2D eigenvalue weighted by molar-refractivity contribution is -0.146. The normalized spacial score (nSPS) is 21.7. The van der Waals surface area contributed by atoms with E-state index < -0.39 is 30.0 Å². The Morgan fingerprint density at radius 3 is 2.67 bits per heavy atom. The van der Waals surface area contributed by atoms with Gasteiger partial charge in [0.2, 0.25) is 5.91 Å². The number of amides is 2. The number of morpholine rings is 1. The topological polar surface area (TPSA) is 83.1 Å². The van der Waals surface area contributed by atoms with Gasteiger partial charge in [-0.2, -0.15) is 0 Å². The van der Waals surface area contributed by atoms with Gasteiger partial charge in [-0.15, -0.1) is 6.42 Å². The van der Waals surface area contributed by atoms with Crippen molar-refractivity contribution in [3.8, 4) is 12.3 Å². The van der Waals surface area contributed by atoms with Crippen molar-refractivity contribution in [1.82, 2.24) is 4.90 Å². The molecule has 0 spiro atoms. The average Bonchev–Trinajstić information content (AvgIpc) is 3.32. The molecule has 2 N–H and O–H groups in total. The van der Waals surface area contributed by atoms with Crippen LogP contribution in [-0.4, -0.2) is 67.1 Å². The van der Waals surface area contributed by atoms with Gasteiger partial charge in [0.05, 0.1) is 18.4 Å². The number of carbonyl (C=O) groups excluding carboxylic acids is 2. The number of terminal acetylenes is 1. The number of nitrogens with zero attached hydrogens (tertiary/aromatic N) is 2. The van der Waals surface area contributed by atoms with Gasteiger partial charge in [0.15, 0.2) is 5.11 Å². The van der Waals surface area contributed by atoms with Gasteiger partial charge in [0.1, 0.15) is 11.9 Å². The minimum atomic E-state index is -2.09. The van der Waals surface area contributed by atoms with Crippen LogP contribution in [0.3, 0.4) is 0 Å². The first-order chi connectivity index (χ1) is 17.3. The molecule has 188 valence electrons. The predicted molar refractivity (Wildman–Crippen MR) is 135 cm³/mol. The van der Waals surface area contributed by atoms with Crippen molar-refractivity contribution in [2.45, 2.75) is 24.9 Å². The summed E-state index contributed by atoms with van der Waals surface area (Å²) in [5.41, 5.74) is 1.52. The fourth-order valence-corrected chi connectivity index (χ4v) is 4.40. The van der Waals surface area contributed by atoms with Gasteiger partial charge in [-0.3, -0.25) is 9.59 Å². The molecule has 11 heteroatoms. The minimum absolute atomic E-state index is 0.00675. The van der Waals surface area contributed by atoms with Crippen molar-refractivity contribution in [2.75, 3.05) is 42.3 Å². The number of thiocarbonyl (C=S) groups is 1. The molecule has 4 rings (SSSR count). The van der Waals surface area contributed by atoms with Crippen molar-refractivity contribution < 1.29 is 27.8 Å². The molecule has 2 aliphatic heterocycles. The van der Waals surface area contributed by atoms with E-state index in [0.717, 1.165) is 16.5 Å². The molecule has 2 heterocycles. The van der Waals surface area contributed by atoms with Crippen molar-refractivity contribution in [3.63, 3.8) is 0 Å². The Balaban J connectivity index is 1.46. The number of hydrogen-bond acceptors (Lipinski definition) is 5. The van der Waals surface area contributed by atoms with E-state index in [4.69, 9.17) is 23.4 Å². The third-order valence-corrected chi connectivity index (χ3v) is 6.36. The first-order valence-corrected chi connectivity index (χ1v) is 11.6. The van der Waals surface area contributed by atoms with Crippen LogP contribution in [0.5, 0.6) is 0 Å². The quantitative estimate of drug-likeness (QED) is 0.469. The summed E-state index contributed by atoms with van der Waals surface area (Å²) < 4.78 is 38.5. The van der Waals surface area contributed by atoms with E-state index in [9.17, 15) is 18.4 Å². The Hall–Kier alpha value is -3.59. The lowest BCUT2D eigenvalue weighted by atomic mass is 10.1. The van der Waals surface area contributed by atoms with E-state index >= 15 is 0 Å². The summed E-state index contributed by atoms with van der Waals surface area (Å²) in [4.78, 5) is 27.9. The average molecular weight is 515 g/mol. The number of halogens is 2. The molecular formula is C25H24F2N4O4S. The van der Waals surface area contributed by atoms with Crippen LogP contribution in [-0.2, 0) is 19.1 Å². The molecular weight excluding hydrogens is 490 g/mol. The molecule has 0 aromatic heterocycles. The highest BCUT2D eigenvalue weighted by Crippen LogP contribution is 2.27. The summed E-state index contributed by atoms with van der Waals surface area (Å²) in [5, 5.41) is 5.99. The van der Waals surface area contributed by atoms with Crippen molar-refractivity contribution >= 4 is 46.2 Å². The number of ether oxygens (including phenoxy) is 2. The van der Waals surface area contributed by atoms with Crippen LogP contribution in [0.4, 0.5) is 25.8 Å². The highest BCUT2D eigenvalue weighted by atomic mass is 32.1. The Morgan fingerprint density at radius 1 is 1.25 bits per heavy atom. The van der Waals surface area contributed by atoms with Gasteiger partial charge in [-0.25, -0.2) is 8.78 Å². The summed E-state index contributed by atoms with van der Waals surface area (Å²) >= 11 is 5.54. The van der Waals surface area contributed by atoms with Gasteiger partial charge in [-0.05, 0) is 54.7 Å². The Labute approximate surface area is 212 Å². The zero-order valence-electron chi connectivity index (χ0n) is 19.4. The first kappa shape index (κ1) is 25.5. The zero-order chi connectivity index (χ0) is 25.8. The highest BCUT2D eigenvalue weighted by molar-refractivity contribution is 7.80. The summed E-state index contributed by atoms with van der Waals surface area (Å²) in [6.07, 6.45) is 3.40. The van der Waals surface area contributed by atoms with E-state index in [2.05, 4.69) is 21.3 Å². The minimum Gasteiger partial charge on any atom is -0.380 e. The maximum Gasteiger partial charge on any atom is 0.289 e. The third kappa shape index (κ3) is 5.46. The fourth-order valence-electron chi connectivity index (χ4n) is 4.08. The van der Waals surface area contributed by atoms with E-state index in [-0.39, 0.29) is 30.6 Å². The number of hydrogen-bond donors (Lipinski definition) is 2. The van der Waals surface area contributed by atoms with E-state index in [0.29, 0.717) is 23.8 Å². The Morgan fingerprint density at radius 2 is 2.00 bits per heavy atom. The van der Waals surface area contributed by atoms with Crippen molar-refractivity contribution in [3.05, 3.63) is 53.8 Å². The first-order valence-electron chi connectivity index (χ1n) is 11.1. The molecule has 8 nitrogen and oxygen atoms in total. The number of benzene rings is 2. The molecule has 2 fully saturated rings. The van der Waals surface area contributed by atoms with Crippen LogP contribution in [0.25, 0.3) is 0 Å². The van der Waals surface area contributed by atoms with Crippen molar-refractivity contribution in [2.24, 2.45) is 0 Å². The number of methoxy groups -OCH3 is 1. The van der Waals surface area contributed by atoms with E-state index in [1.54, 1.807) is 36.3 Å². The van der Waals surface area contributed by atoms with Crippen LogP contribution in [0.2, 0.25) is 0 Å². The number of carbonyl (C=O) groups is 2. The lowest BCUT2D eigenvalue weighted by Crippen LogP contribution is -2.46. The SMILES string of the molecule is C#Cc1ccc(NC(=S)N2C[C@H](OC)C[C@@H]2C(=O)Nc2ccc(N3CCOC(F)C3=O)cc2F)cc1. The predicted octanol–water partition coefficient (Wildman–Crippen LogP) is 2.89. The summed E-state index contributed by atoms with van der Waals surface area (Å²) in [6.45, 7) is 0.455. The molecule has 0 radical (unpaired) electrons. The second kappa shape index (κ2) is 11.0. The number of anilines is 3. The largest absolute Gasteiger partial charge is 0.380 e. The molecule has 2 aromatic rings. The summed E-state index contributed by atoms with van der Waals surface area (Å²) in [5.74, 6) is 0.397. The molecule has 1 unspecified atom stereocenters. The van der Waals surface area contributed by atoms with E-state index in [1.165, 1.54) is 12.1 Å². The second-order valence-electron chi connectivity index (χ2n) is 8.24. The van der Waals surface area contributed by atoms with Crippen LogP contribution in [0, 0.1) is 18.2 Å². The van der Waals surface area contributed by atoms with Gasteiger partial charge in [-0.1, -0.05) is 5.92 Å². The molecule has 3 atom stereocenters. The van der Waals surface area contributed by atoms with Crippen molar-refractivity contribution in [1.29, 1.82) is 0 Å². The molecule has 2 aliphatic rings. The Kier molecular flexibility index (Phi) is 7.79. The molecule has 2 aromatic carbocycles. The number of nitrogens with one attached hydrogen (secondary N) is 2. The van der Waals surface area contributed by atoms with Crippen LogP contribution in [0.1, 0.15) is 12.0 Å². The second-order valence-corrected chi connectivity index (χ2v) is 8.63. The van der Waals surface area contributed by atoms with Gasteiger partial charge in [0, 0.05) is 43.6 Å². The highest BCUT2D eigenvalue weighted by Gasteiger charge is 2.39. The molecule has 2 amide bonds. The van der Waals surface area contributed by atoms with Gasteiger partial charge >= 0.3 is 0 Å². The smallest absolute Gasteiger partial charge is 0.289 e. The summed E-state index contributed by atoms with van der Waals surface area (Å²) in [7, 11) is 1.55. The molecule has 0 aliphatic carbocycles. The van der Waals surface area contributed by atoms with Gasteiger partial charge < -0.3 is 29.9 Å². The maximum atomic E-state index is 14.9. The molecule has 0 saturated carbocycles. The fraction of sp³-hybridized carbons (Fsp3) is 0.320. The Bertz CT molecular complexity index is 1200. The zero-order valence-corrected chi connectivity index (χ0v) is 20.2. The molecule has 36 heavy (non-hydrogen) atoms. The van der Waals surface area contributed by atoms with Crippen LogP contribution >= 0.6 is 12.2 Å². The number of alkyl halides is 1. The lowest BCUT2D eigenvalue weighted by Gasteiger charge is -2.29. The molecule has 2 saturated heterocycles. The molecule has 0 bridgehead atoms. The number of likely N-dealkylation sites (tertiary alicyclic amines) is 1. The number of rotatable bonds is 5. The summed E-state index contributed by atoms with van der Waals surface area (Å²) in [6, 6.07) is 10.2. The van der Waals surface area contributed by atoms with Crippen LogP contribution < -0.4 is 15.5 Å². The maximum absolute atomic E-state index is 14.9. The standard InChI is InChI=1S/C25H24F2N4O4S/c1-3-15-4-6-16(7-5-15)28-25(36)31-14-18(34-2)13-21(31)23(32)29-20-9-8-17(12-19(20)26)30-10-11-35-22(27)24(30)33/h1,4-9,12,18,21-22H,10-11,13-14H2,2H3,(H,28,36)(H,29,32)/t18-,21-,22?/m1/s1. The monoisotopic (exact) mass is 514 g/mol. The van der Waals surface area contributed by atoms with Gasteiger partial charge in [0.25, 0.3) is 12.3 Å². The third-order valence-electron chi connectivity index (χ3n) is 6.02.